The number of benzene rings is 2. The Balaban J connectivity index is 1.30. The first-order chi connectivity index (χ1) is 17.2. The summed E-state index contributed by atoms with van der Waals surface area (Å²) in [6, 6.07) is 25.2. The summed E-state index contributed by atoms with van der Waals surface area (Å²) in [7, 11) is 0. The zero-order chi connectivity index (χ0) is 23.6. The number of pyridine rings is 3. The Bertz CT molecular complexity index is 1720. The number of rotatable bonds is 5. The monoisotopic (exact) mass is 454 g/mol. The van der Waals surface area contributed by atoms with Crippen LogP contribution in [0.5, 0.6) is 0 Å². The highest BCUT2D eigenvalue weighted by atomic mass is 15.3. The van der Waals surface area contributed by atoms with E-state index in [9.17, 15) is 5.26 Å². The summed E-state index contributed by atoms with van der Waals surface area (Å²) in [5.41, 5.74) is 6.66. The summed E-state index contributed by atoms with van der Waals surface area (Å²) in [6.45, 7) is 0. The van der Waals surface area contributed by atoms with Crippen molar-refractivity contribution in [1.29, 1.82) is 5.26 Å². The molecular weight excluding hydrogens is 436 g/mol. The summed E-state index contributed by atoms with van der Waals surface area (Å²) in [4.78, 5) is 13.1. The van der Waals surface area contributed by atoms with E-state index in [1.165, 1.54) is 0 Å². The van der Waals surface area contributed by atoms with Crippen LogP contribution in [0, 0.1) is 11.3 Å². The van der Waals surface area contributed by atoms with Gasteiger partial charge in [-0.15, -0.1) is 5.10 Å². The number of fused-ring (bicyclic) bond motifs is 2. The molecule has 4 heterocycles. The Morgan fingerprint density at radius 2 is 1.71 bits per heavy atom. The van der Waals surface area contributed by atoms with Crippen molar-refractivity contribution in [3.8, 4) is 17.5 Å². The molecule has 2 aromatic carbocycles. The summed E-state index contributed by atoms with van der Waals surface area (Å²) < 4.78 is 1.75. The third-order valence-corrected chi connectivity index (χ3v) is 5.57. The first-order valence-electron chi connectivity index (χ1n) is 10.9. The van der Waals surface area contributed by atoms with Crippen molar-refractivity contribution in [1.82, 2.24) is 24.6 Å². The fourth-order valence-electron chi connectivity index (χ4n) is 3.90. The fraction of sp³-hybridized carbons (Fsp3) is 0. The van der Waals surface area contributed by atoms with E-state index in [0.717, 1.165) is 44.9 Å². The molecule has 0 amide bonds. The first-order valence-corrected chi connectivity index (χ1v) is 10.9. The first kappa shape index (κ1) is 20.3. The molecule has 0 bridgehead atoms. The molecule has 0 aliphatic rings. The predicted molar refractivity (Wildman–Crippen MR) is 136 cm³/mol. The van der Waals surface area contributed by atoms with Crippen LogP contribution in [-0.2, 0) is 0 Å². The van der Waals surface area contributed by atoms with Gasteiger partial charge in [-0.25, -0.2) is 9.50 Å². The van der Waals surface area contributed by atoms with Gasteiger partial charge in [0.05, 0.1) is 29.0 Å². The number of nitriles is 1. The maximum atomic E-state index is 9.27. The van der Waals surface area contributed by atoms with Gasteiger partial charge in [0.2, 0.25) is 0 Å². The van der Waals surface area contributed by atoms with Crippen LogP contribution in [0.15, 0.2) is 97.6 Å². The lowest BCUT2D eigenvalue weighted by atomic mass is 10.1. The summed E-state index contributed by atoms with van der Waals surface area (Å²) in [5.74, 6) is 0.633. The quantitative estimate of drug-likeness (QED) is 0.344. The Labute approximate surface area is 200 Å². The normalized spacial score (nSPS) is 10.8. The van der Waals surface area contributed by atoms with E-state index >= 15 is 0 Å². The molecule has 0 aliphatic carbocycles. The molecule has 0 spiro atoms. The van der Waals surface area contributed by atoms with E-state index in [-0.39, 0.29) is 0 Å². The molecule has 35 heavy (non-hydrogen) atoms. The van der Waals surface area contributed by atoms with Gasteiger partial charge in [-0.2, -0.15) is 5.26 Å². The predicted octanol–water partition coefficient (Wildman–Crippen LogP) is 5.70. The van der Waals surface area contributed by atoms with E-state index in [4.69, 9.17) is 10.1 Å². The molecule has 0 unspecified atom stereocenters. The lowest BCUT2D eigenvalue weighted by Gasteiger charge is -2.09. The molecule has 6 rings (SSSR count). The van der Waals surface area contributed by atoms with E-state index in [2.05, 4.69) is 26.7 Å². The molecule has 0 fully saturated rings. The van der Waals surface area contributed by atoms with Crippen molar-refractivity contribution in [2.24, 2.45) is 0 Å². The second kappa shape index (κ2) is 8.57. The van der Waals surface area contributed by atoms with Crippen molar-refractivity contribution in [2.45, 2.75) is 0 Å². The molecule has 0 aliphatic heterocycles. The van der Waals surface area contributed by atoms with Crippen LogP contribution in [0.2, 0.25) is 0 Å². The van der Waals surface area contributed by atoms with Crippen molar-refractivity contribution < 1.29 is 0 Å². The van der Waals surface area contributed by atoms with Crippen molar-refractivity contribution in [3.05, 3.63) is 103 Å². The Morgan fingerprint density at radius 1 is 0.800 bits per heavy atom. The van der Waals surface area contributed by atoms with E-state index in [1.807, 2.05) is 72.9 Å². The molecule has 6 aromatic rings. The molecule has 0 radical (unpaired) electrons. The molecule has 0 atom stereocenters. The maximum Gasteiger partial charge on any atom is 0.182 e. The van der Waals surface area contributed by atoms with Gasteiger partial charge < -0.3 is 10.6 Å². The molecular formula is C27H18N8. The fourth-order valence-corrected chi connectivity index (χ4v) is 3.90. The molecule has 8 nitrogen and oxygen atoms in total. The standard InChI is InChI=1S/C27H18N8/c28-16-18-4-6-24-23(14-18)25(10-13-30-24)32-22-5-7-26-33-27(34-35(26)17-22)19-2-1-3-21(15-19)31-20-8-11-29-12-9-20/h1-15,17H,(H,29,31)(H,30,32). The highest BCUT2D eigenvalue weighted by molar-refractivity contribution is 5.93. The SMILES string of the molecule is N#Cc1ccc2nccc(Nc3ccc4nc(-c5cccc(Nc6ccncc6)c5)nn4c3)c2c1. The zero-order valence-corrected chi connectivity index (χ0v) is 18.4. The number of hydrogen-bond donors (Lipinski definition) is 2. The zero-order valence-electron chi connectivity index (χ0n) is 18.4. The van der Waals surface area contributed by atoms with Gasteiger partial charge in [0.1, 0.15) is 0 Å². The van der Waals surface area contributed by atoms with Crippen LogP contribution in [-0.4, -0.2) is 24.6 Å². The third kappa shape index (κ3) is 4.10. The highest BCUT2D eigenvalue weighted by Crippen LogP contribution is 2.27. The van der Waals surface area contributed by atoms with Gasteiger partial charge >= 0.3 is 0 Å². The minimum atomic E-state index is 0.588. The van der Waals surface area contributed by atoms with Gasteiger partial charge in [-0.05, 0) is 60.7 Å². The molecule has 4 aromatic heterocycles. The second-order valence-electron chi connectivity index (χ2n) is 7.92. The van der Waals surface area contributed by atoms with Gasteiger partial charge in [0, 0.05) is 46.6 Å². The summed E-state index contributed by atoms with van der Waals surface area (Å²) >= 11 is 0. The summed E-state index contributed by atoms with van der Waals surface area (Å²) in [6.07, 6.45) is 7.14. The van der Waals surface area contributed by atoms with Crippen LogP contribution in [0.25, 0.3) is 27.9 Å². The van der Waals surface area contributed by atoms with Crippen LogP contribution >= 0.6 is 0 Å². The smallest absolute Gasteiger partial charge is 0.182 e. The van der Waals surface area contributed by atoms with Crippen LogP contribution < -0.4 is 10.6 Å². The molecule has 0 saturated heterocycles. The second-order valence-corrected chi connectivity index (χ2v) is 7.92. The maximum absolute atomic E-state index is 9.27. The van der Waals surface area contributed by atoms with E-state index in [1.54, 1.807) is 29.2 Å². The number of nitrogens with one attached hydrogen (secondary N) is 2. The van der Waals surface area contributed by atoms with Crippen molar-refractivity contribution in [2.75, 3.05) is 10.6 Å². The van der Waals surface area contributed by atoms with Gasteiger partial charge in [-0.3, -0.25) is 9.97 Å². The number of aromatic nitrogens is 5. The largest absolute Gasteiger partial charge is 0.355 e. The number of anilines is 4. The lowest BCUT2D eigenvalue weighted by molar-refractivity contribution is 0.967. The lowest BCUT2D eigenvalue weighted by Crippen LogP contribution is -1.96. The minimum Gasteiger partial charge on any atom is -0.355 e. The average Bonchev–Trinajstić information content (AvgIpc) is 3.33. The van der Waals surface area contributed by atoms with Crippen molar-refractivity contribution in [3.63, 3.8) is 0 Å². The molecule has 166 valence electrons. The Morgan fingerprint density at radius 3 is 2.60 bits per heavy atom. The van der Waals surface area contributed by atoms with Crippen LogP contribution in [0.4, 0.5) is 22.7 Å². The minimum absolute atomic E-state index is 0.588. The average molecular weight is 454 g/mol. The van der Waals surface area contributed by atoms with E-state index < -0.39 is 0 Å². The van der Waals surface area contributed by atoms with Gasteiger partial charge in [0.25, 0.3) is 0 Å². The molecule has 0 saturated carbocycles. The van der Waals surface area contributed by atoms with Crippen LogP contribution in [0.3, 0.4) is 0 Å². The number of hydrogen-bond acceptors (Lipinski definition) is 7. The van der Waals surface area contributed by atoms with Gasteiger partial charge in [0.15, 0.2) is 11.5 Å². The highest BCUT2D eigenvalue weighted by Gasteiger charge is 2.09. The van der Waals surface area contributed by atoms with Crippen molar-refractivity contribution >= 4 is 39.3 Å². The van der Waals surface area contributed by atoms with Gasteiger partial charge in [-0.1, -0.05) is 12.1 Å². The Kier molecular flexibility index (Phi) is 4.98. The Hall–Kier alpha value is -5.29. The summed E-state index contributed by atoms with van der Waals surface area (Å²) in [5, 5.41) is 21.6. The molecule has 8 heteroatoms. The third-order valence-electron chi connectivity index (χ3n) is 5.57. The van der Waals surface area contributed by atoms with E-state index in [0.29, 0.717) is 11.4 Å². The van der Waals surface area contributed by atoms with Crippen LogP contribution in [0.1, 0.15) is 5.56 Å². The number of nitrogens with zero attached hydrogens (tertiary/aromatic N) is 6. The molecule has 2 N–H and O–H groups in total. The topological polar surface area (TPSA) is 104 Å².